The van der Waals surface area contributed by atoms with Gasteiger partial charge in [0.05, 0.1) is 18.6 Å². The Bertz CT molecular complexity index is 1650. The van der Waals surface area contributed by atoms with Gasteiger partial charge in [-0.2, -0.15) is 15.3 Å². The van der Waals surface area contributed by atoms with Crippen LogP contribution >= 0.6 is 0 Å². The predicted molar refractivity (Wildman–Crippen MR) is 158 cm³/mol. The van der Waals surface area contributed by atoms with Gasteiger partial charge in [-0.1, -0.05) is 0 Å². The zero-order valence-electron chi connectivity index (χ0n) is 22.9. The second-order valence-electron chi connectivity index (χ2n) is 8.49. The summed E-state index contributed by atoms with van der Waals surface area (Å²) in [7, 11) is 0. The Morgan fingerprint density at radius 1 is 0.400 bits per heavy atom. The van der Waals surface area contributed by atoms with Gasteiger partial charge in [0.2, 0.25) is 0 Å². The number of nitrogens with zero attached hydrogens (tertiary/aromatic N) is 12. The van der Waals surface area contributed by atoms with Crippen LogP contribution in [0.3, 0.4) is 0 Å². The van der Waals surface area contributed by atoms with E-state index in [-0.39, 0.29) is 34.5 Å². The number of phenolic OH excluding ortho intramolecular Hbond substituents is 6. The van der Waals surface area contributed by atoms with E-state index in [0.29, 0.717) is 16.7 Å². The van der Waals surface area contributed by atoms with Gasteiger partial charge in [-0.25, -0.2) is 14.0 Å². The maximum absolute atomic E-state index is 9.42. The number of hydrogen-bond donors (Lipinski definition) is 6. The summed E-state index contributed by atoms with van der Waals surface area (Å²) in [6.45, 7) is 0. The first-order valence-corrected chi connectivity index (χ1v) is 12.5. The van der Waals surface area contributed by atoms with Crippen molar-refractivity contribution >= 4 is 18.6 Å². The van der Waals surface area contributed by atoms with Crippen molar-refractivity contribution in [3.05, 3.63) is 109 Å². The van der Waals surface area contributed by atoms with E-state index in [1.54, 1.807) is 0 Å². The molecule has 45 heavy (non-hydrogen) atoms. The Morgan fingerprint density at radius 3 is 0.889 bits per heavy atom. The zero-order valence-corrected chi connectivity index (χ0v) is 22.9. The van der Waals surface area contributed by atoms with Gasteiger partial charge < -0.3 is 30.6 Å². The maximum atomic E-state index is 9.42. The molecule has 0 aliphatic rings. The van der Waals surface area contributed by atoms with Crippen LogP contribution in [0.1, 0.15) is 16.7 Å². The molecule has 0 atom stereocenters. The van der Waals surface area contributed by atoms with E-state index >= 15 is 0 Å². The van der Waals surface area contributed by atoms with E-state index in [4.69, 9.17) is 0 Å². The van der Waals surface area contributed by atoms with Crippen molar-refractivity contribution in [1.29, 1.82) is 0 Å². The molecule has 0 aliphatic carbocycles. The number of aromatic nitrogens is 9. The molecule has 3 aromatic heterocycles. The zero-order chi connectivity index (χ0) is 32.0. The Labute approximate surface area is 253 Å². The molecule has 228 valence electrons. The van der Waals surface area contributed by atoms with Gasteiger partial charge >= 0.3 is 0 Å². The Balaban J connectivity index is 0.000000154. The quantitative estimate of drug-likeness (QED) is 0.116. The van der Waals surface area contributed by atoms with E-state index in [1.165, 1.54) is 125 Å². The third kappa shape index (κ3) is 9.74. The summed E-state index contributed by atoms with van der Waals surface area (Å²) in [4.78, 5) is 0. The third-order valence-electron chi connectivity index (χ3n) is 5.24. The molecule has 6 aromatic rings. The third-order valence-corrected chi connectivity index (χ3v) is 5.24. The molecule has 6 N–H and O–H groups in total. The second-order valence-corrected chi connectivity index (χ2v) is 8.49. The number of phenols is 6. The summed E-state index contributed by atoms with van der Waals surface area (Å²) in [5.41, 5.74) is 1.26. The Kier molecular flexibility index (Phi) is 10.4. The summed E-state index contributed by atoms with van der Waals surface area (Å²) in [6, 6.07) is 12.6. The lowest BCUT2D eigenvalue weighted by molar-refractivity contribution is 0.459. The lowest BCUT2D eigenvalue weighted by Crippen LogP contribution is -1.87. The fourth-order valence-electron chi connectivity index (χ4n) is 3.09. The van der Waals surface area contributed by atoms with Crippen molar-refractivity contribution in [1.82, 2.24) is 44.6 Å². The lowest BCUT2D eigenvalue weighted by atomic mass is 10.2. The molecule has 0 unspecified atom stereocenters. The van der Waals surface area contributed by atoms with Crippen LogP contribution in [0, 0.1) is 0 Å². The summed E-state index contributed by atoms with van der Waals surface area (Å²) >= 11 is 0. The van der Waals surface area contributed by atoms with Crippen LogP contribution < -0.4 is 0 Å². The van der Waals surface area contributed by atoms with Gasteiger partial charge in [0.15, 0.2) is 0 Å². The van der Waals surface area contributed by atoms with Crippen molar-refractivity contribution in [2.45, 2.75) is 0 Å². The Hall–Kier alpha value is -7.11. The van der Waals surface area contributed by atoms with E-state index in [1.807, 2.05) is 0 Å². The summed E-state index contributed by atoms with van der Waals surface area (Å²) in [6.07, 6.45) is 12.7. The molecule has 6 rings (SSSR count). The van der Waals surface area contributed by atoms with Crippen LogP contribution in [0.25, 0.3) is 0 Å². The van der Waals surface area contributed by atoms with Crippen molar-refractivity contribution in [2.75, 3.05) is 0 Å². The molecule has 0 spiro atoms. The molecule has 3 heterocycles. The van der Waals surface area contributed by atoms with Crippen molar-refractivity contribution in [3.63, 3.8) is 0 Å². The fourth-order valence-corrected chi connectivity index (χ4v) is 3.09. The normalized spacial score (nSPS) is 10.9. The van der Waals surface area contributed by atoms with Crippen molar-refractivity contribution in [2.24, 2.45) is 15.3 Å². The fraction of sp³-hybridized carbons (Fsp3) is 0. The average Bonchev–Trinajstić information content (AvgIpc) is 3.84. The minimum atomic E-state index is 0.0459. The monoisotopic (exact) mass is 612 g/mol. The number of hydrogen-bond acceptors (Lipinski definition) is 15. The highest BCUT2D eigenvalue weighted by atomic mass is 16.3. The van der Waals surface area contributed by atoms with Crippen LogP contribution in [-0.2, 0) is 0 Å². The highest BCUT2D eigenvalue weighted by Gasteiger charge is 2.01. The minimum Gasteiger partial charge on any atom is -0.508 e. The number of rotatable bonds is 6. The Morgan fingerprint density at radius 2 is 0.644 bits per heavy atom. The molecule has 0 bridgehead atoms. The van der Waals surface area contributed by atoms with Gasteiger partial charge in [-0.3, -0.25) is 0 Å². The summed E-state index contributed by atoms with van der Waals surface area (Å²) in [5, 5.41) is 89.0. The van der Waals surface area contributed by atoms with Crippen LogP contribution in [0.2, 0.25) is 0 Å². The molecule has 0 aliphatic heterocycles. The summed E-state index contributed by atoms with van der Waals surface area (Å²) in [5.74, 6) is 0.341. The second kappa shape index (κ2) is 15.2. The van der Waals surface area contributed by atoms with Crippen LogP contribution in [-0.4, -0.2) is 93.9 Å². The van der Waals surface area contributed by atoms with Crippen LogP contribution in [0.5, 0.6) is 34.5 Å². The first-order valence-electron chi connectivity index (χ1n) is 12.5. The first kappa shape index (κ1) is 30.8. The largest absolute Gasteiger partial charge is 0.508 e. The molecule has 0 saturated carbocycles. The van der Waals surface area contributed by atoms with Gasteiger partial charge in [0.25, 0.3) is 0 Å². The topological polar surface area (TPSA) is 251 Å². The minimum absolute atomic E-state index is 0.0459. The van der Waals surface area contributed by atoms with Gasteiger partial charge in [0, 0.05) is 16.7 Å². The molecular weight excluding hydrogens is 588 g/mol. The molecule has 0 saturated heterocycles. The molecule has 0 amide bonds. The molecule has 0 fully saturated rings. The highest BCUT2D eigenvalue weighted by molar-refractivity contribution is 5.85. The molecule has 3 aromatic carbocycles. The maximum Gasteiger partial charge on any atom is 0.141 e. The van der Waals surface area contributed by atoms with E-state index < -0.39 is 0 Å². The van der Waals surface area contributed by atoms with Crippen LogP contribution in [0.15, 0.2) is 108 Å². The van der Waals surface area contributed by atoms with Crippen molar-refractivity contribution < 1.29 is 30.6 Å². The van der Waals surface area contributed by atoms with E-state index in [2.05, 4.69) is 45.9 Å². The molecule has 18 nitrogen and oxygen atoms in total. The standard InChI is InChI=1S/3C9H8N4O2/c3*14-8-1-2-9(15)7(3-8)4-12-13-5-10-11-6-13/h3*1-6,14-15H/b3*12-4+. The van der Waals surface area contributed by atoms with Gasteiger partial charge in [-0.15, -0.1) is 30.6 Å². The summed E-state index contributed by atoms with van der Waals surface area (Å²) < 4.78 is 4.14. The van der Waals surface area contributed by atoms with Gasteiger partial charge in [0.1, 0.15) is 72.5 Å². The van der Waals surface area contributed by atoms with E-state index in [0.717, 1.165) is 0 Å². The predicted octanol–water partition coefficient (Wildman–Crippen LogP) is 1.71. The number of benzene rings is 3. The smallest absolute Gasteiger partial charge is 0.141 e. The molecular formula is C27H24N12O6. The SMILES string of the molecule is Oc1ccc(O)c(/C=N/n2cnnc2)c1.Oc1ccc(O)c(/C=N/n2cnnc2)c1.Oc1ccc(O)c(/C=N/n2cnnc2)c1. The molecule has 0 radical (unpaired) electrons. The van der Waals surface area contributed by atoms with Crippen LogP contribution in [0.4, 0.5) is 0 Å². The lowest BCUT2D eigenvalue weighted by Gasteiger charge is -1.98. The molecule has 18 heteroatoms. The average molecular weight is 613 g/mol. The van der Waals surface area contributed by atoms with Gasteiger partial charge in [-0.05, 0) is 54.6 Å². The first-order chi connectivity index (χ1) is 21.8. The van der Waals surface area contributed by atoms with Crippen molar-refractivity contribution in [3.8, 4) is 34.5 Å². The highest BCUT2D eigenvalue weighted by Crippen LogP contribution is 2.21. The number of aromatic hydroxyl groups is 6. The van der Waals surface area contributed by atoms with E-state index in [9.17, 15) is 30.6 Å².